The number of rotatable bonds is 6. The summed E-state index contributed by atoms with van der Waals surface area (Å²) in [6.07, 6.45) is 5.61. The second-order valence-corrected chi connectivity index (χ2v) is 3.72. The van der Waals surface area contributed by atoms with Crippen LogP contribution < -0.4 is 0 Å². The van der Waals surface area contributed by atoms with E-state index in [1.54, 1.807) is 20.1 Å². The number of ether oxygens (including phenoxy) is 1. The first-order chi connectivity index (χ1) is 6.06. The standard InChI is InChI=1S/C11H20O2/c1-9(2)5-7-11(13-4)8-6-10(3)12/h6,8-9,11H,5,7H2,1-4H3. The Bertz CT molecular complexity index is 171. The smallest absolute Gasteiger partial charge is 0.152 e. The maximum Gasteiger partial charge on any atom is 0.152 e. The van der Waals surface area contributed by atoms with Crippen LogP contribution in [0.25, 0.3) is 0 Å². The second-order valence-electron chi connectivity index (χ2n) is 3.72. The van der Waals surface area contributed by atoms with Crippen molar-refractivity contribution in [2.75, 3.05) is 7.11 Å². The van der Waals surface area contributed by atoms with Crippen LogP contribution in [0.3, 0.4) is 0 Å². The molecule has 0 aliphatic rings. The Morgan fingerprint density at radius 3 is 2.38 bits per heavy atom. The summed E-state index contributed by atoms with van der Waals surface area (Å²) in [4.78, 5) is 10.7. The van der Waals surface area contributed by atoms with Gasteiger partial charge in [-0.25, -0.2) is 0 Å². The van der Waals surface area contributed by atoms with Gasteiger partial charge in [-0.2, -0.15) is 0 Å². The summed E-state index contributed by atoms with van der Waals surface area (Å²) in [5.41, 5.74) is 0. The van der Waals surface area contributed by atoms with Gasteiger partial charge < -0.3 is 4.74 Å². The van der Waals surface area contributed by atoms with Crippen molar-refractivity contribution in [2.24, 2.45) is 5.92 Å². The van der Waals surface area contributed by atoms with Gasteiger partial charge in [0.2, 0.25) is 0 Å². The summed E-state index contributed by atoms with van der Waals surface area (Å²) in [6, 6.07) is 0. The molecule has 0 rings (SSSR count). The highest BCUT2D eigenvalue weighted by molar-refractivity contribution is 5.87. The van der Waals surface area contributed by atoms with Crippen LogP contribution in [0.5, 0.6) is 0 Å². The minimum Gasteiger partial charge on any atom is -0.377 e. The SMILES string of the molecule is COC(C=CC(C)=O)CCC(C)C. The van der Waals surface area contributed by atoms with Gasteiger partial charge >= 0.3 is 0 Å². The van der Waals surface area contributed by atoms with E-state index in [0.717, 1.165) is 12.8 Å². The van der Waals surface area contributed by atoms with Crippen LogP contribution in [0.15, 0.2) is 12.2 Å². The fourth-order valence-electron chi connectivity index (χ4n) is 1.03. The zero-order valence-corrected chi connectivity index (χ0v) is 9.04. The van der Waals surface area contributed by atoms with E-state index in [1.165, 1.54) is 0 Å². The molecule has 0 aromatic rings. The number of carbonyl (C=O) groups is 1. The van der Waals surface area contributed by atoms with Gasteiger partial charge in [0.1, 0.15) is 0 Å². The van der Waals surface area contributed by atoms with Crippen molar-refractivity contribution in [3.8, 4) is 0 Å². The summed E-state index contributed by atoms with van der Waals surface area (Å²) in [6.45, 7) is 5.91. The van der Waals surface area contributed by atoms with Gasteiger partial charge in [0.05, 0.1) is 6.10 Å². The van der Waals surface area contributed by atoms with Gasteiger partial charge in [0.25, 0.3) is 0 Å². The van der Waals surface area contributed by atoms with E-state index in [-0.39, 0.29) is 11.9 Å². The van der Waals surface area contributed by atoms with E-state index in [1.807, 2.05) is 6.08 Å². The van der Waals surface area contributed by atoms with Crippen molar-refractivity contribution >= 4 is 5.78 Å². The Kier molecular flexibility index (Phi) is 6.51. The van der Waals surface area contributed by atoms with Crippen molar-refractivity contribution in [3.63, 3.8) is 0 Å². The maximum absolute atomic E-state index is 10.7. The van der Waals surface area contributed by atoms with E-state index < -0.39 is 0 Å². The molecule has 0 aromatic carbocycles. The van der Waals surface area contributed by atoms with Gasteiger partial charge in [-0.1, -0.05) is 19.9 Å². The lowest BCUT2D eigenvalue weighted by molar-refractivity contribution is -0.112. The molecular formula is C11H20O2. The summed E-state index contributed by atoms with van der Waals surface area (Å²) in [5, 5.41) is 0. The first kappa shape index (κ1) is 12.4. The van der Waals surface area contributed by atoms with Gasteiger partial charge in [0.15, 0.2) is 5.78 Å². The lowest BCUT2D eigenvalue weighted by Crippen LogP contribution is -2.08. The van der Waals surface area contributed by atoms with Gasteiger partial charge in [-0.05, 0) is 31.8 Å². The van der Waals surface area contributed by atoms with Crippen LogP contribution in [-0.2, 0) is 9.53 Å². The molecule has 0 aliphatic carbocycles. The normalized spacial score (nSPS) is 13.9. The molecule has 0 saturated heterocycles. The third kappa shape index (κ3) is 7.72. The molecule has 0 fully saturated rings. The number of carbonyl (C=O) groups excluding carboxylic acids is 1. The summed E-state index contributed by atoms with van der Waals surface area (Å²) < 4.78 is 5.21. The van der Waals surface area contributed by atoms with Crippen molar-refractivity contribution in [1.82, 2.24) is 0 Å². The molecule has 1 unspecified atom stereocenters. The number of hydrogen-bond donors (Lipinski definition) is 0. The minimum atomic E-state index is 0.0756. The molecule has 0 N–H and O–H groups in total. The molecule has 0 spiro atoms. The Morgan fingerprint density at radius 2 is 2.00 bits per heavy atom. The minimum absolute atomic E-state index is 0.0756. The van der Waals surface area contributed by atoms with Gasteiger partial charge in [-0.15, -0.1) is 0 Å². The Labute approximate surface area is 81.0 Å². The molecular weight excluding hydrogens is 164 g/mol. The van der Waals surface area contributed by atoms with E-state index in [0.29, 0.717) is 5.92 Å². The third-order valence-corrected chi connectivity index (χ3v) is 1.88. The number of hydrogen-bond acceptors (Lipinski definition) is 2. The Balaban J connectivity index is 3.82. The third-order valence-electron chi connectivity index (χ3n) is 1.88. The lowest BCUT2D eigenvalue weighted by atomic mass is 10.0. The Morgan fingerprint density at radius 1 is 1.38 bits per heavy atom. The molecule has 0 amide bonds. The zero-order valence-electron chi connectivity index (χ0n) is 9.04. The molecule has 76 valence electrons. The van der Waals surface area contributed by atoms with E-state index in [2.05, 4.69) is 13.8 Å². The van der Waals surface area contributed by atoms with Crippen LogP contribution in [0.1, 0.15) is 33.6 Å². The number of allylic oxidation sites excluding steroid dienone is 1. The Hall–Kier alpha value is -0.630. The van der Waals surface area contributed by atoms with Crippen molar-refractivity contribution in [2.45, 2.75) is 39.7 Å². The molecule has 13 heavy (non-hydrogen) atoms. The summed E-state index contributed by atoms with van der Waals surface area (Å²) in [5.74, 6) is 0.759. The topological polar surface area (TPSA) is 26.3 Å². The summed E-state index contributed by atoms with van der Waals surface area (Å²) in [7, 11) is 1.68. The van der Waals surface area contributed by atoms with Crippen LogP contribution >= 0.6 is 0 Å². The molecule has 1 atom stereocenters. The van der Waals surface area contributed by atoms with Crippen molar-refractivity contribution < 1.29 is 9.53 Å². The average molecular weight is 184 g/mol. The summed E-state index contributed by atoms with van der Waals surface area (Å²) >= 11 is 0. The average Bonchev–Trinajstić information content (AvgIpc) is 2.04. The fraction of sp³-hybridized carbons (Fsp3) is 0.727. The predicted octanol–water partition coefficient (Wildman–Crippen LogP) is 2.58. The van der Waals surface area contributed by atoms with Crippen LogP contribution in [0.2, 0.25) is 0 Å². The first-order valence-electron chi connectivity index (χ1n) is 4.77. The van der Waals surface area contributed by atoms with E-state index >= 15 is 0 Å². The van der Waals surface area contributed by atoms with E-state index in [4.69, 9.17) is 4.74 Å². The molecule has 2 heteroatoms. The molecule has 0 aliphatic heterocycles. The fourth-order valence-corrected chi connectivity index (χ4v) is 1.03. The first-order valence-corrected chi connectivity index (χ1v) is 4.77. The molecule has 2 nitrogen and oxygen atoms in total. The molecule has 0 saturated carbocycles. The lowest BCUT2D eigenvalue weighted by Gasteiger charge is -2.11. The molecule has 0 heterocycles. The van der Waals surface area contributed by atoms with Crippen LogP contribution in [0.4, 0.5) is 0 Å². The van der Waals surface area contributed by atoms with Crippen LogP contribution in [-0.4, -0.2) is 19.0 Å². The number of methoxy groups -OCH3 is 1. The van der Waals surface area contributed by atoms with Crippen molar-refractivity contribution in [3.05, 3.63) is 12.2 Å². The van der Waals surface area contributed by atoms with Gasteiger partial charge in [-0.3, -0.25) is 4.79 Å². The molecule has 0 aromatic heterocycles. The van der Waals surface area contributed by atoms with Crippen molar-refractivity contribution in [1.29, 1.82) is 0 Å². The van der Waals surface area contributed by atoms with Gasteiger partial charge in [0, 0.05) is 7.11 Å². The second kappa shape index (κ2) is 6.84. The molecule has 0 bridgehead atoms. The quantitative estimate of drug-likeness (QED) is 0.593. The zero-order chi connectivity index (χ0) is 10.3. The van der Waals surface area contributed by atoms with E-state index in [9.17, 15) is 4.79 Å². The highest BCUT2D eigenvalue weighted by Crippen LogP contribution is 2.09. The highest BCUT2D eigenvalue weighted by Gasteiger charge is 2.04. The number of ketones is 1. The largest absolute Gasteiger partial charge is 0.377 e. The maximum atomic E-state index is 10.7. The predicted molar refractivity (Wildman–Crippen MR) is 54.7 cm³/mol. The molecule has 0 radical (unpaired) electrons. The monoisotopic (exact) mass is 184 g/mol. The van der Waals surface area contributed by atoms with Crippen LogP contribution in [0, 0.1) is 5.92 Å². The highest BCUT2D eigenvalue weighted by atomic mass is 16.5.